The van der Waals surface area contributed by atoms with Gasteiger partial charge in [0.15, 0.2) is 5.13 Å². The molecule has 108 valence electrons. The number of piperidine rings is 1. The minimum Gasteiger partial charge on any atom is -0.379 e. The Kier molecular flexibility index (Phi) is 5.19. The van der Waals surface area contributed by atoms with Gasteiger partial charge in [-0.2, -0.15) is 0 Å². The van der Waals surface area contributed by atoms with Gasteiger partial charge in [0.2, 0.25) is 0 Å². The third-order valence-corrected chi connectivity index (χ3v) is 4.64. The van der Waals surface area contributed by atoms with Crippen LogP contribution in [0.5, 0.6) is 0 Å². The van der Waals surface area contributed by atoms with Crippen LogP contribution < -0.4 is 10.2 Å². The molecule has 1 N–H and O–H groups in total. The fourth-order valence-corrected chi connectivity index (χ4v) is 3.21. The zero-order valence-corrected chi connectivity index (χ0v) is 13.2. The summed E-state index contributed by atoms with van der Waals surface area (Å²) in [4.78, 5) is 7.08. The first kappa shape index (κ1) is 14.8. The molecule has 5 heteroatoms. The highest BCUT2D eigenvalue weighted by molar-refractivity contribution is 7.13. The van der Waals surface area contributed by atoms with Gasteiger partial charge in [0.1, 0.15) is 0 Å². The van der Waals surface area contributed by atoms with Gasteiger partial charge in [-0.1, -0.05) is 20.8 Å². The number of nitrogens with one attached hydrogen (secondary N) is 1. The van der Waals surface area contributed by atoms with E-state index in [-0.39, 0.29) is 0 Å². The van der Waals surface area contributed by atoms with Crippen LogP contribution in [0.25, 0.3) is 0 Å². The van der Waals surface area contributed by atoms with Crippen LogP contribution in [0, 0.1) is 5.92 Å². The van der Waals surface area contributed by atoms with E-state index in [1.165, 1.54) is 6.42 Å². The average molecular weight is 283 g/mol. The lowest BCUT2D eigenvalue weighted by atomic mass is 9.96. The van der Waals surface area contributed by atoms with Crippen molar-refractivity contribution in [3.8, 4) is 0 Å². The third kappa shape index (κ3) is 3.91. The van der Waals surface area contributed by atoms with E-state index in [0.29, 0.717) is 18.1 Å². The second kappa shape index (κ2) is 6.68. The number of thiazole rings is 1. The Hall–Kier alpha value is -0.650. The number of hydrogen-bond acceptors (Lipinski definition) is 5. The molecule has 2 heterocycles. The van der Waals surface area contributed by atoms with Gasteiger partial charge in [-0.3, -0.25) is 0 Å². The largest absolute Gasteiger partial charge is 0.379 e. The molecule has 1 fully saturated rings. The number of rotatable bonds is 5. The molecule has 2 atom stereocenters. The standard InChI is InChI=1S/C14H25N3OS/c1-10(2)15-7-12-9-19-14(16-12)17-6-5-11(3)13(8-17)18-4/h9-11,13,15H,5-8H2,1-4H3. The SMILES string of the molecule is COC1CN(c2nc(CNC(C)C)cs2)CCC1C. The van der Waals surface area contributed by atoms with E-state index in [4.69, 9.17) is 9.72 Å². The number of anilines is 1. The highest BCUT2D eigenvalue weighted by Crippen LogP contribution is 2.27. The number of methoxy groups -OCH3 is 1. The molecule has 1 aromatic rings. The number of nitrogens with zero attached hydrogens (tertiary/aromatic N) is 2. The van der Waals surface area contributed by atoms with Crippen LogP contribution in [-0.2, 0) is 11.3 Å². The molecule has 0 aliphatic carbocycles. The first-order chi connectivity index (χ1) is 9.10. The summed E-state index contributed by atoms with van der Waals surface area (Å²) in [5, 5.41) is 6.70. The van der Waals surface area contributed by atoms with Crippen molar-refractivity contribution < 1.29 is 4.74 Å². The first-order valence-corrected chi connectivity index (χ1v) is 7.93. The van der Waals surface area contributed by atoms with Crippen molar-refractivity contribution in [2.24, 2.45) is 5.92 Å². The fourth-order valence-electron chi connectivity index (χ4n) is 2.35. The molecule has 1 aliphatic heterocycles. The molecule has 1 aromatic heterocycles. The fraction of sp³-hybridized carbons (Fsp3) is 0.786. The maximum atomic E-state index is 5.56. The van der Waals surface area contributed by atoms with Gasteiger partial charge in [-0.05, 0) is 12.3 Å². The lowest BCUT2D eigenvalue weighted by Crippen LogP contribution is -2.43. The molecule has 0 aromatic carbocycles. The van der Waals surface area contributed by atoms with E-state index < -0.39 is 0 Å². The Bertz CT molecular complexity index is 394. The molecule has 0 radical (unpaired) electrons. The quantitative estimate of drug-likeness (QED) is 0.901. The predicted molar refractivity (Wildman–Crippen MR) is 80.9 cm³/mol. The minimum absolute atomic E-state index is 0.329. The van der Waals surface area contributed by atoms with Gasteiger partial charge in [0.25, 0.3) is 0 Å². The third-order valence-electron chi connectivity index (χ3n) is 3.69. The number of hydrogen-bond donors (Lipinski definition) is 1. The lowest BCUT2D eigenvalue weighted by molar-refractivity contribution is 0.0498. The first-order valence-electron chi connectivity index (χ1n) is 7.05. The van der Waals surface area contributed by atoms with Crippen molar-refractivity contribution in [2.75, 3.05) is 25.1 Å². The summed E-state index contributed by atoms with van der Waals surface area (Å²) in [6.07, 6.45) is 1.51. The van der Waals surface area contributed by atoms with Gasteiger partial charge in [0.05, 0.1) is 11.8 Å². The van der Waals surface area contributed by atoms with Gasteiger partial charge < -0.3 is 15.0 Å². The van der Waals surface area contributed by atoms with E-state index in [2.05, 4.69) is 36.4 Å². The monoisotopic (exact) mass is 283 g/mol. The van der Waals surface area contributed by atoms with Crippen LogP contribution >= 0.6 is 11.3 Å². The Morgan fingerprint density at radius 1 is 1.58 bits per heavy atom. The molecular weight excluding hydrogens is 258 g/mol. The molecule has 2 rings (SSSR count). The number of aromatic nitrogens is 1. The smallest absolute Gasteiger partial charge is 0.185 e. The van der Waals surface area contributed by atoms with Gasteiger partial charge in [-0.15, -0.1) is 11.3 Å². The summed E-state index contributed by atoms with van der Waals surface area (Å²) >= 11 is 1.74. The Morgan fingerprint density at radius 3 is 3.05 bits per heavy atom. The van der Waals surface area contributed by atoms with Crippen LogP contribution in [0.2, 0.25) is 0 Å². The zero-order valence-electron chi connectivity index (χ0n) is 12.3. The van der Waals surface area contributed by atoms with Crippen LogP contribution in [0.4, 0.5) is 5.13 Å². The molecule has 0 amide bonds. The van der Waals surface area contributed by atoms with Crippen molar-refractivity contribution in [1.29, 1.82) is 0 Å². The van der Waals surface area contributed by atoms with Gasteiger partial charge >= 0.3 is 0 Å². The average Bonchev–Trinajstić information content (AvgIpc) is 2.86. The van der Waals surface area contributed by atoms with Crippen LogP contribution in [0.1, 0.15) is 32.9 Å². The van der Waals surface area contributed by atoms with E-state index in [1.54, 1.807) is 11.3 Å². The van der Waals surface area contributed by atoms with Gasteiger partial charge in [0, 0.05) is 38.2 Å². The molecule has 0 bridgehead atoms. The zero-order chi connectivity index (χ0) is 13.8. The summed E-state index contributed by atoms with van der Waals surface area (Å²) in [7, 11) is 1.81. The summed E-state index contributed by atoms with van der Waals surface area (Å²) in [6, 6.07) is 0.499. The van der Waals surface area contributed by atoms with Crippen molar-refractivity contribution in [3.05, 3.63) is 11.1 Å². The van der Waals surface area contributed by atoms with Crippen molar-refractivity contribution in [1.82, 2.24) is 10.3 Å². The van der Waals surface area contributed by atoms with E-state index in [0.717, 1.165) is 30.5 Å². The molecule has 19 heavy (non-hydrogen) atoms. The highest BCUT2D eigenvalue weighted by Gasteiger charge is 2.27. The predicted octanol–water partition coefficient (Wildman–Crippen LogP) is 2.50. The molecule has 1 saturated heterocycles. The summed E-state index contributed by atoms with van der Waals surface area (Å²) < 4.78 is 5.56. The second-order valence-electron chi connectivity index (χ2n) is 5.64. The van der Waals surface area contributed by atoms with Crippen LogP contribution in [-0.4, -0.2) is 37.3 Å². The number of ether oxygens (including phenoxy) is 1. The molecule has 2 unspecified atom stereocenters. The van der Waals surface area contributed by atoms with Crippen molar-refractivity contribution in [2.45, 2.75) is 45.9 Å². The van der Waals surface area contributed by atoms with E-state index in [9.17, 15) is 0 Å². The van der Waals surface area contributed by atoms with E-state index >= 15 is 0 Å². The van der Waals surface area contributed by atoms with Crippen LogP contribution in [0.15, 0.2) is 5.38 Å². The Labute approximate surface area is 120 Å². The Morgan fingerprint density at radius 2 is 2.37 bits per heavy atom. The van der Waals surface area contributed by atoms with Crippen molar-refractivity contribution >= 4 is 16.5 Å². The lowest BCUT2D eigenvalue weighted by Gasteiger charge is -2.36. The van der Waals surface area contributed by atoms with Gasteiger partial charge in [-0.25, -0.2) is 4.98 Å². The summed E-state index contributed by atoms with van der Waals surface area (Å²) in [5.74, 6) is 0.642. The molecule has 4 nitrogen and oxygen atoms in total. The van der Waals surface area contributed by atoms with Crippen LogP contribution in [0.3, 0.4) is 0 Å². The normalized spacial score (nSPS) is 24.2. The van der Waals surface area contributed by atoms with E-state index in [1.807, 2.05) is 7.11 Å². The highest BCUT2D eigenvalue weighted by atomic mass is 32.1. The second-order valence-corrected chi connectivity index (χ2v) is 6.48. The molecular formula is C14H25N3OS. The van der Waals surface area contributed by atoms with Crippen molar-refractivity contribution in [3.63, 3.8) is 0 Å². The maximum absolute atomic E-state index is 5.56. The molecule has 0 spiro atoms. The summed E-state index contributed by atoms with van der Waals surface area (Å²) in [6.45, 7) is 9.48. The Balaban J connectivity index is 1.94. The minimum atomic E-state index is 0.329. The maximum Gasteiger partial charge on any atom is 0.185 e. The topological polar surface area (TPSA) is 37.4 Å². The molecule has 1 aliphatic rings. The summed E-state index contributed by atoms with van der Waals surface area (Å²) in [5.41, 5.74) is 1.14. The molecule has 0 saturated carbocycles.